The number of carbonyl (C=O) groups is 1. The Bertz CT molecular complexity index is 996. The number of Topliss-reactive ketones (excluding diaryl/α,β-unsaturated/α-hetero) is 1. The van der Waals surface area contributed by atoms with Gasteiger partial charge >= 0.3 is 0 Å². The molecular formula is C25H29NO. The summed E-state index contributed by atoms with van der Waals surface area (Å²) in [6.45, 7) is 13.7. The first kappa shape index (κ1) is 18.0. The van der Waals surface area contributed by atoms with E-state index in [2.05, 4.69) is 63.8 Å². The van der Waals surface area contributed by atoms with Crippen LogP contribution in [-0.2, 0) is 11.2 Å². The maximum absolute atomic E-state index is 12.2. The smallest absolute Gasteiger partial charge is 0.132 e. The van der Waals surface area contributed by atoms with Crippen molar-refractivity contribution in [2.24, 2.45) is 0 Å². The monoisotopic (exact) mass is 359 g/mol. The third kappa shape index (κ3) is 2.74. The lowest BCUT2D eigenvalue weighted by atomic mass is 9.78. The molecule has 2 aromatic rings. The van der Waals surface area contributed by atoms with Gasteiger partial charge in [0, 0.05) is 24.2 Å². The number of hydrogen-bond acceptors (Lipinski definition) is 2. The van der Waals surface area contributed by atoms with Crippen LogP contribution in [0.5, 0.6) is 0 Å². The predicted molar refractivity (Wildman–Crippen MR) is 113 cm³/mol. The molecule has 0 aliphatic carbocycles. The highest BCUT2D eigenvalue weighted by molar-refractivity contribution is 5.94. The summed E-state index contributed by atoms with van der Waals surface area (Å²) in [6.07, 6.45) is 1.62. The number of benzene rings is 2. The molecule has 0 aromatic heterocycles. The van der Waals surface area contributed by atoms with Gasteiger partial charge in [-0.15, -0.1) is 0 Å². The van der Waals surface area contributed by atoms with Crippen LogP contribution >= 0.6 is 0 Å². The molecule has 2 nitrogen and oxygen atoms in total. The van der Waals surface area contributed by atoms with E-state index >= 15 is 0 Å². The van der Waals surface area contributed by atoms with Crippen molar-refractivity contribution < 1.29 is 4.79 Å². The zero-order valence-electron chi connectivity index (χ0n) is 17.4. The fraction of sp³-hybridized carbons (Fsp3) is 0.400. The van der Waals surface area contributed by atoms with Gasteiger partial charge in [-0.3, -0.25) is 4.79 Å². The highest BCUT2D eigenvalue weighted by Crippen LogP contribution is 2.48. The van der Waals surface area contributed by atoms with Gasteiger partial charge in [-0.2, -0.15) is 0 Å². The van der Waals surface area contributed by atoms with E-state index in [9.17, 15) is 4.79 Å². The third-order valence-corrected chi connectivity index (χ3v) is 6.62. The van der Waals surface area contributed by atoms with E-state index in [-0.39, 0.29) is 11.8 Å². The minimum Gasteiger partial charge on any atom is -0.363 e. The van der Waals surface area contributed by atoms with E-state index in [1.807, 2.05) is 0 Å². The Kier molecular flexibility index (Phi) is 4.25. The van der Waals surface area contributed by atoms with Crippen LogP contribution in [0.15, 0.2) is 24.3 Å². The Morgan fingerprint density at radius 1 is 1.00 bits per heavy atom. The molecule has 2 aliphatic rings. The Morgan fingerprint density at radius 2 is 1.70 bits per heavy atom. The van der Waals surface area contributed by atoms with Gasteiger partial charge in [0.2, 0.25) is 0 Å². The second-order valence-electron chi connectivity index (χ2n) is 8.40. The number of fused-ring (bicyclic) bond motifs is 4. The van der Waals surface area contributed by atoms with Crippen LogP contribution in [-0.4, -0.2) is 17.2 Å². The van der Waals surface area contributed by atoms with Crippen molar-refractivity contribution in [1.29, 1.82) is 0 Å². The lowest BCUT2D eigenvalue weighted by molar-refractivity contribution is -0.118. The van der Waals surface area contributed by atoms with E-state index in [1.165, 1.54) is 55.8 Å². The Morgan fingerprint density at radius 3 is 2.41 bits per heavy atom. The van der Waals surface area contributed by atoms with Crippen LogP contribution in [0, 0.1) is 27.7 Å². The normalized spacial score (nSPS) is 18.1. The molecule has 2 aliphatic heterocycles. The summed E-state index contributed by atoms with van der Waals surface area (Å²) in [5.41, 5.74) is 13.5. The maximum atomic E-state index is 12.2. The van der Waals surface area contributed by atoms with Gasteiger partial charge in [-0.25, -0.2) is 0 Å². The number of carbonyl (C=O) groups excluding carboxylic acids is 1. The van der Waals surface area contributed by atoms with Crippen molar-refractivity contribution in [2.75, 3.05) is 6.54 Å². The Hall–Kier alpha value is -2.35. The minimum absolute atomic E-state index is 0.144. The SMILES string of the molecule is CC(=O)CC1c2c(ccc(C)c2C)C(C)=C2c3cc(C)c(C)cc3CCN21. The number of nitrogens with zero attached hydrogens (tertiary/aromatic N) is 1. The van der Waals surface area contributed by atoms with Gasteiger partial charge in [0.05, 0.1) is 6.04 Å². The average molecular weight is 360 g/mol. The second kappa shape index (κ2) is 6.37. The van der Waals surface area contributed by atoms with Crippen LogP contribution in [0.1, 0.15) is 70.8 Å². The average Bonchev–Trinajstić information content (AvgIpc) is 2.61. The molecule has 0 fully saturated rings. The van der Waals surface area contributed by atoms with Crippen LogP contribution in [0.3, 0.4) is 0 Å². The van der Waals surface area contributed by atoms with Crippen LogP contribution in [0.25, 0.3) is 11.3 Å². The maximum Gasteiger partial charge on any atom is 0.132 e. The molecule has 0 spiro atoms. The fourth-order valence-electron chi connectivity index (χ4n) is 4.90. The number of hydrogen-bond donors (Lipinski definition) is 0. The first-order chi connectivity index (χ1) is 12.8. The fourth-order valence-corrected chi connectivity index (χ4v) is 4.90. The van der Waals surface area contributed by atoms with Crippen LogP contribution in [0.4, 0.5) is 0 Å². The Labute approximate surface area is 162 Å². The lowest BCUT2D eigenvalue weighted by Gasteiger charge is -2.45. The molecule has 0 amide bonds. The minimum atomic E-state index is 0.144. The number of rotatable bonds is 2. The Balaban J connectivity index is 2.02. The molecule has 1 atom stereocenters. The van der Waals surface area contributed by atoms with Gasteiger partial charge in [0.15, 0.2) is 0 Å². The van der Waals surface area contributed by atoms with E-state index < -0.39 is 0 Å². The van der Waals surface area contributed by atoms with E-state index in [0.29, 0.717) is 6.42 Å². The molecule has 0 N–H and O–H groups in total. The molecule has 2 heterocycles. The van der Waals surface area contributed by atoms with Gasteiger partial charge < -0.3 is 4.90 Å². The van der Waals surface area contributed by atoms with Crippen molar-refractivity contribution in [3.05, 3.63) is 68.8 Å². The van der Waals surface area contributed by atoms with Gasteiger partial charge in [-0.05, 0) is 98.5 Å². The second-order valence-corrected chi connectivity index (χ2v) is 8.40. The summed E-state index contributed by atoms with van der Waals surface area (Å²) < 4.78 is 0. The van der Waals surface area contributed by atoms with Crippen molar-refractivity contribution in [2.45, 2.75) is 60.4 Å². The summed E-state index contributed by atoms with van der Waals surface area (Å²) >= 11 is 0. The summed E-state index contributed by atoms with van der Waals surface area (Å²) in [4.78, 5) is 14.7. The molecular weight excluding hydrogens is 330 g/mol. The van der Waals surface area contributed by atoms with Gasteiger partial charge in [0.25, 0.3) is 0 Å². The van der Waals surface area contributed by atoms with Crippen molar-refractivity contribution >= 4 is 17.1 Å². The molecule has 1 unspecified atom stereocenters. The molecule has 2 aromatic carbocycles. The quantitative estimate of drug-likeness (QED) is 0.685. The van der Waals surface area contributed by atoms with Crippen molar-refractivity contribution in [3.63, 3.8) is 0 Å². The highest BCUT2D eigenvalue weighted by atomic mass is 16.1. The van der Waals surface area contributed by atoms with Gasteiger partial charge in [-0.1, -0.05) is 18.2 Å². The van der Waals surface area contributed by atoms with E-state index in [4.69, 9.17) is 0 Å². The van der Waals surface area contributed by atoms with Gasteiger partial charge in [0.1, 0.15) is 5.78 Å². The van der Waals surface area contributed by atoms with Crippen molar-refractivity contribution in [1.82, 2.24) is 4.90 Å². The zero-order valence-corrected chi connectivity index (χ0v) is 17.4. The molecule has 2 heteroatoms. The van der Waals surface area contributed by atoms with Crippen molar-refractivity contribution in [3.8, 4) is 0 Å². The summed E-state index contributed by atoms with van der Waals surface area (Å²) in [7, 11) is 0. The summed E-state index contributed by atoms with van der Waals surface area (Å²) in [6, 6.07) is 9.35. The lowest BCUT2D eigenvalue weighted by Crippen LogP contribution is -2.38. The highest BCUT2D eigenvalue weighted by Gasteiger charge is 2.36. The molecule has 0 saturated heterocycles. The number of aryl methyl sites for hydroxylation is 3. The van der Waals surface area contributed by atoms with E-state index in [1.54, 1.807) is 6.92 Å². The first-order valence-corrected chi connectivity index (χ1v) is 9.97. The van der Waals surface area contributed by atoms with Crippen LogP contribution in [0.2, 0.25) is 0 Å². The third-order valence-electron chi connectivity index (χ3n) is 6.62. The molecule has 140 valence electrons. The first-order valence-electron chi connectivity index (χ1n) is 9.97. The molecule has 0 saturated carbocycles. The predicted octanol–water partition coefficient (Wildman–Crippen LogP) is 5.70. The molecule has 0 bridgehead atoms. The standard InChI is InChI=1S/C25H29NO/c1-14-7-8-21-19(6)25-22-12-16(3)15(2)11-20(22)9-10-26(25)23(13-17(4)27)24(21)18(14)5/h7-8,11-12,23H,9-10,13H2,1-6H3. The summed E-state index contributed by atoms with van der Waals surface area (Å²) in [5, 5.41) is 0. The van der Waals surface area contributed by atoms with Crippen LogP contribution < -0.4 is 0 Å². The molecule has 27 heavy (non-hydrogen) atoms. The number of allylic oxidation sites excluding steroid dienone is 1. The number of ketones is 1. The zero-order chi connectivity index (χ0) is 19.5. The summed E-state index contributed by atoms with van der Waals surface area (Å²) in [5.74, 6) is 0.261. The molecule has 4 rings (SSSR count). The molecule has 0 radical (unpaired) electrons. The largest absolute Gasteiger partial charge is 0.363 e. The topological polar surface area (TPSA) is 20.3 Å². The van der Waals surface area contributed by atoms with E-state index in [0.717, 1.165) is 13.0 Å².